The van der Waals surface area contributed by atoms with Crippen molar-refractivity contribution in [3.63, 3.8) is 0 Å². The molecule has 1 aliphatic rings. The van der Waals surface area contributed by atoms with Gasteiger partial charge in [0.25, 0.3) is 0 Å². The zero-order valence-corrected chi connectivity index (χ0v) is 14.8. The zero-order chi connectivity index (χ0) is 16.4. The Morgan fingerprint density at radius 2 is 1.87 bits per heavy atom. The number of thioether (sulfide) groups is 1. The van der Waals surface area contributed by atoms with Crippen LogP contribution in [0.5, 0.6) is 0 Å². The van der Waals surface area contributed by atoms with Crippen LogP contribution in [-0.2, 0) is 24.1 Å². The van der Waals surface area contributed by atoms with Gasteiger partial charge in [-0.15, -0.1) is 11.8 Å². The third-order valence-electron chi connectivity index (χ3n) is 4.44. The lowest BCUT2D eigenvalue weighted by atomic mass is 10.0. The van der Waals surface area contributed by atoms with Gasteiger partial charge >= 0.3 is 0 Å². The average Bonchev–Trinajstić information content (AvgIpc) is 2.98. The fourth-order valence-electron chi connectivity index (χ4n) is 3.09. The summed E-state index contributed by atoms with van der Waals surface area (Å²) in [7, 11) is 0. The van der Waals surface area contributed by atoms with Crippen molar-refractivity contribution in [2.75, 3.05) is 5.32 Å². The van der Waals surface area contributed by atoms with Crippen LogP contribution in [0.3, 0.4) is 0 Å². The Hall–Kier alpha value is -1.74. The van der Waals surface area contributed by atoms with E-state index in [9.17, 15) is 4.79 Å². The molecular formula is C20H23NOS. The highest BCUT2D eigenvalue weighted by molar-refractivity contribution is 8.01. The van der Waals surface area contributed by atoms with Gasteiger partial charge in [-0.2, -0.15) is 0 Å². The summed E-state index contributed by atoms with van der Waals surface area (Å²) >= 11 is 1.69. The second-order valence-corrected chi connectivity index (χ2v) is 7.31. The van der Waals surface area contributed by atoms with Gasteiger partial charge in [0.2, 0.25) is 5.91 Å². The van der Waals surface area contributed by atoms with E-state index in [1.807, 2.05) is 0 Å². The first kappa shape index (κ1) is 16.1. The summed E-state index contributed by atoms with van der Waals surface area (Å²) in [6.45, 7) is 6.36. The minimum Gasteiger partial charge on any atom is -0.325 e. The maximum Gasteiger partial charge on any atom is 0.238 e. The Kier molecular flexibility index (Phi) is 4.76. The Balaban J connectivity index is 1.79. The summed E-state index contributed by atoms with van der Waals surface area (Å²) in [6, 6.07) is 12.8. The van der Waals surface area contributed by atoms with Gasteiger partial charge in [0, 0.05) is 10.6 Å². The minimum atomic E-state index is -0.0265. The van der Waals surface area contributed by atoms with Crippen LogP contribution in [0.15, 0.2) is 41.3 Å². The molecule has 3 rings (SSSR count). The molecule has 2 aromatic carbocycles. The average molecular weight is 325 g/mol. The van der Waals surface area contributed by atoms with Crippen LogP contribution in [-0.4, -0.2) is 11.2 Å². The first-order chi connectivity index (χ1) is 11.1. The van der Waals surface area contributed by atoms with Crippen LogP contribution in [0.1, 0.15) is 36.1 Å². The molecule has 0 aromatic heterocycles. The van der Waals surface area contributed by atoms with Crippen LogP contribution in [0, 0.1) is 6.92 Å². The number of hydrogen-bond donors (Lipinski definition) is 1. The van der Waals surface area contributed by atoms with Gasteiger partial charge in [0.05, 0.1) is 5.25 Å². The van der Waals surface area contributed by atoms with Gasteiger partial charge < -0.3 is 5.32 Å². The van der Waals surface area contributed by atoms with Gasteiger partial charge in [-0.25, -0.2) is 0 Å². The van der Waals surface area contributed by atoms with E-state index in [1.165, 1.54) is 27.1 Å². The number of fused-ring (bicyclic) bond motifs is 1. The van der Waals surface area contributed by atoms with E-state index in [4.69, 9.17) is 0 Å². The van der Waals surface area contributed by atoms with Gasteiger partial charge in [0.15, 0.2) is 0 Å². The SMILES string of the molecule is CCc1cccc(CC)c1NC(=O)C1Cc2ccc(C)cc2S1. The number of rotatable bonds is 4. The maximum absolute atomic E-state index is 12.8. The molecule has 0 fully saturated rings. The van der Waals surface area contributed by atoms with Crippen LogP contribution >= 0.6 is 11.8 Å². The molecule has 1 heterocycles. The molecule has 0 bridgehead atoms. The molecule has 0 saturated heterocycles. The Labute approximate surface area is 142 Å². The summed E-state index contributed by atoms with van der Waals surface area (Å²) in [5.74, 6) is 0.124. The number of aryl methyl sites for hydroxylation is 3. The van der Waals surface area contributed by atoms with E-state index >= 15 is 0 Å². The van der Waals surface area contributed by atoms with E-state index in [1.54, 1.807) is 11.8 Å². The Bertz CT molecular complexity index is 716. The third kappa shape index (κ3) is 3.30. The summed E-state index contributed by atoms with van der Waals surface area (Å²) in [4.78, 5) is 14.0. The molecule has 2 aromatic rings. The lowest BCUT2D eigenvalue weighted by Gasteiger charge is -2.16. The summed E-state index contributed by atoms with van der Waals surface area (Å²) in [5, 5.41) is 3.19. The van der Waals surface area contributed by atoms with Crippen LogP contribution in [0.25, 0.3) is 0 Å². The van der Waals surface area contributed by atoms with Crippen molar-refractivity contribution >= 4 is 23.4 Å². The molecule has 1 atom stereocenters. The number of nitrogens with one attached hydrogen (secondary N) is 1. The fourth-order valence-corrected chi connectivity index (χ4v) is 4.38. The van der Waals surface area contributed by atoms with Gasteiger partial charge in [-0.05, 0) is 48.9 Å². The largest absolute Gasteiger partial charge is 0.325 e. The smallest absolute Gasteiger partial charge is 0.238 e. The topological polar surface area (TPSA) is 29.1 Å². The number of carbonyl (C=O) groups excluding carboxylic acids is 1. The number of carbonyl (C=O) groups is 1. The second kappa shape index (κ2) is 6.79. The number of benzene rings is 2. The van der Waals surface area contributed by atoms with Gasteiger partial charge in [-0.3, -0.25) is 4.79 Å². The van der Waals surface area contributed by atoms with Gasteiger partial charge in [0.1, 0.15) is 0 Å². The van der Waals surface area contributed by atoms with Crippen molar-refractivity contribution in [3.05, 3.63) is 58.7 Å². The van der Waals surface area contributed by atoms with Crippen molar-refractivity contribution < 1.29 is 4.79 Å². The van der Waals surface area contributed by atoms with Crippen molar-refractivity contribution in [1.82, 2.24) is 0 Å². The van der Waals surface area contributed by atoms with Crippen LogP contribution in [0.2, 0.25) is 0 Å². The van der Waals surface area contributed by atoms with E-state index in [0.29, 0.717) is 0 Å². The third-order valence-corrected chi connectivity index (χ3v) is 5.74. The molecule has 0 saturated carbocycles. The van der Waals surface area contributed by atoms with Crippen molar-refractivity contribution in [1.29, 1.82) is 0 Å². The molecule has 3 heteroatoms. The van der Waals surface area contributed by atoms with Crippen molar-refractivity contribution in [2.45, 2.75) is 50.2 Å². The molecule has 23 heavy (non-hydrogen) atoms. The monoisotopic (exact) mass is 325 g/mol. The molecule has 1 unspecified atom stereocenters. The maximum atomic E-state index is 12.8. The fraction of sp³-hybridized carbons (Fsp3) is 0.350. The zero-order valence-electron chi connectivity index (χ0n) is 14.0. The highest BCUT2D eigenvalue weighted by Gasteiger charge is 2.29. The first-order valence-corrected chi connectivity index (χ1v) is 9.18. The van der Waals surface area contributed by atoms with Crippen LogP contribution < -0.4 is 5.32 Å². The highest BCUT2D eigenvalue weighted by Crippen LogP contribution is 2.38. The highest BCUT2D eigenvalue weighted by atomic mass is 32.2. The van der Waals surface area contributed by atoms with Crippen LogP contribution in [0.4, 0.5) is 5.69 Å². The lowest BCUT2D eigenvalue weighted by molar-refractivity contribution is -0.115. The summed E-state index contributed by atoms with van der Waals surface area (Å²) < 4.78 is 0. The molecule has 0 radical (unpaired) electrons. The molecule has 1 amide bonds. The molecule has 120 valence electrons. The van der Waals surface area contributed by atoms with Crippen molar-refractivity contribution in [3.8, 4) is 0 Å². The first-order valence-electron chi connectivity index (χ1n) is 8.30. The quantitative estimate of drug-likeness (QED) is 0.877. The second-order valence-electron chi connectivity index (χ2n) is 6.07. The predicted octanol–water partition coefficient (Wildman–Crippen LogP) is 4.78. The molecular weight excluding hydrogens is 302 g/mol. The van der Waals surface area contributed by atoms with Gasteiger partial charge in [-0.1, -0.05) is 49.7 Å². The summed E-state index contributed by atoms with van der Waals surface area (Å²) in [6.07, 6.45) is 2.68. The van der Waals surface area contributed by atoms with E-state index in [2.05, 4.69) is 62.5 Å². The van der Waals surface area contributed by atoms with E-state index < -0.39 is 0 Å². The molecule has 1 N–H and O–H groups in total. The summed E-state index contributed by atoms with van der Waals surface area (Å²) in [5.41, 5.74) is 6.00. The lowest BCUT2D eigenvalue weighted by Crippen LogP contribution is -2.25. The normalized spacial score (nSPS) is 16.2. The molecule has 0 spiro atoms. The van der Waals surface area contributed by atoms with E-state index in [0.717, 1.165) is 24.9 Å². The Morgan fingerprint density at radius 3 is 2.52 bits per heavy atom. The molecule has 2 nitrogen and oxygen atoms in total. The van der Waals surface area contributed by atoms with Crippen molar-refractivity contribution in [2.24, 2.45) is 0 Å². The predicted molar refractivity (Wildman–Crippen MR) is 98.4 cm³/mol. The van der Waals surface area contributed by atoms with E-state index in [-0.39, 0.29) is 11.2 Å². The number of anilines is 1. The Morgan fingerprint density at radius 1 is 1.17 bits per heavy atom. The number of amides is 1. The molecule has 1 aliphatic heterocycles. The molecule has 0 aliphatic carbocycles. The number of hydrogen-bond acceptors (Lipinski definition) is 2. The number of para-hydroxylation sites is 1. The minimum absolute atomic E-state index is 0.0265. The standard InChI is InChI=1S/C20H23NOS/c1-4-14-7-6-8-15(5-2)19(14)21-20(22)18-12-16-10-9-13(3)11-17(16)23-18/h6-11,18H,4-5,12H2,1-3H3,(H,21,22).